The summed E-state index contributed by atoms with van der Waals surface area (Å²) in [6, 6.07) is 28.3. The molecule has 4 aliphatic carbocycles. The first-order valence-electron chi connectivity index (χ1n) is 30.4. The van der Waals surface area contributed by atoms with Crippen LogP contribution in [0.4, 0.5) is 5.69 Å². The first kappa shape index (κ1) is 61.2. The number of phenols is 1. The fraction of sp³-hybridized carbons (Fsp3) is 0.544. The van der Waals surface area contributed by atoms with Crippen LogP contribution < -0.4 is 10.2 Å². The van der Waals surface area contributed by atoms with Crippen molar-refractivity contribution in [1.29, 1.82) is 0 Å². The molecule has 2 saturated carbocycles. The number of nitrogens with one attached hydrogen (secondary N) is 1. The highest BCUT2D eigenvalue weighted by Gasteiger charge is 2.58. The smallest absolute Gasteiger partial charge is 0.232 e. The van der Waals surface area contributed by atoms with Gasteiger partial charge >= 0.3 is 0 Å². The maximum atomic E-state index is 14.2. The van der Waals surface area contributed by atoms with Crippen molar-refractivity contribution in [2.45, 2.75) is 155 Å². The van der Waals surface area contributed by atoms with Gasteiger partial charge in [-0.05, 0) is 140 Å². The second kappa shape index (κ2) is 26.7. The maximum Gasteiger partial charge on any atom is 0.232 e. The number of para-hydroxylation sites is 1. The van der Waals surface area contributed by atoms with Crippen molar-refractivity contribution < 1.29 is 48.0 Å². The van der Waals surface area contributed by atoms with E-state index in [2.05, 4.69) is 68.4 Å². The lowest BCUT2D eigenvalue weighted by atomic mass is 9.49. The van der Waals surface area contributed by atoms with Crippen LogP contribution in [0, 0.1) is 29.6 Å². The van der Waals surface area contributed by atoms with E-state index in [-0.39, 0.29) is 64.8 Å². The van der Waals surface area contributed by atoms with Gasteiger partial charge in [0.1, 0.15) is 23.0 Å². The highest BCUT2D eigenvalue weighted by molar-refractivity contribution is 6.02. The van der Waals surface area contributed by atoms with Crippen LogP contribution in [0.1, 0.15) is 151 Å². The molecular weight excluding hydrogens is 1050 g/mol. The Morgan fingerprint density at radius 3 is 1.81 bits per heavy atom. The van der Waals surface area contributed by atoms with E-state index in [1.165, 1.54) is 27.8 Å². The first-order chi connectivity index (χ1) is 39.9. The van der Waals surface area contributed by atoms with Crippen LogP contribution in [-0.2, 0) is 80.2 Å². The maximum absolute atomic E-state index is 14.2. The van der Waals surface area contributed by atoms with Gasteiger partial charge < -0.3 is 29.0 Å². The summed E-state index contributed by atoms with van der Waals surface area (Å²) in [7, 11) is 1.87. The predicted octanol–water partition coefficient (Wildman–Crippen LogP) is 11.2. The van der Waals surface area contributed by atoms with Gasteiger partial charge in [-0.15, -0.1) is 5.10 Å². The van der Waals surface area contributed by atoms with Crippen molar-refractivity contribution in [2.75, 3.05) is 57.8 Å². The van der Waals surface area contributed by atoms with Crippen LogP contribution in [0.3, 0.4) is 0 Å². The van der Waals surface area contributed by atoms with E-state index in [0.29, 0.717) is 84.4 Å². The number of fused-ring (bicyclic) bond motifs is 11. The molecule has 10 rings (SSSR count). The molecule has 5 aliphatic rings. The lowest BCUT2D eigenvalue weighted by Gasteiger charge is -2.56. The molecule has 0 unspecified atom stereocenters. The van der Waals surface area contributed by atoms with Crippen molar-refractivity contribution in [3.63, 3.8) is 0 Å². The lowest BCUT2D eigenvalue weighted by Crippen LogP contribution is -2.60. The Kier molecular flexibility index (Phi) is 19.7. The van der Waals surface area contributed by atoms with E-state index >= 15 is 0 Å². The third-order valence-corrected chi connectivity index (χ3v) is 19.4. The molecule has 0 spiro atoms. The molecule has 15 heteroatoms. The number of phenolic OH excluding ortho intramolecular Hbond substituents is 1. The number of ketones is 2. The summed E-state index contributed by atoms with van der Waals surface area (Å²) < 4.78 is 23.5. The summed E-state index contributed by atoms with van der Waals surface area (Å²) in [6.07, 6.45) is 11.2. The Balaban J connectivity index is 0.000000201. The number of rotatable bonds is 21. The quantitative estimate of drug-likeness (QED) is 0.0523. The number of ether oxygens (including phenoxy) is 4. The normalized spacial score (nSPS) is 23.9. The minimum absolute atomic E-state index is 0.0394. The predicted molar refractivity (Wildman–Crippen MR) is 320 cm³/mol. The van der Waals surface area contributed by atoms with Crippen molar-refractivity contribution in [2.24, 2.45) is 29.7 Å². The number of aryl methyl sites for hydroxylation is 4. The highest BCUT2D eigenvalue weighted by Crippen LogP contribution is 2.60. The molecular formula is C68H87N5O10. The summed E-state index contributed by atoms with van der Waals surface area (Å²) >= 11 is 0. The zero-order valence-electron chi connectivity index (χ0n) is 50.1. The fourth-order valence-corrected chi connectivity index (χ4v) is 14.9. The van der Waals surface area contributed by atoms with Gasteiger partial charge in [0.15, 0.2) is 0 Å². The number of nitrogens with zero attached hydrogens (tertiary/aromatic N) is 4. The molecule has 1 aromatic heterocycles. The summed E-state index contributed by atoms with van der Waals surface area (Å²) in [4.78, 5) is 67.1. The van der Waals surface area contributed by atoms with Gasteiger partial charge in [0.2, 0.25) is 17.7 Å². The lowest BCUT2D eigenvalue weighted by molar-refractivity contribution is -0.150. The average molecular weight is 1130 g/mol. The van der Waals surface area contributed by atoms with E-state index in [1.54, 1.807) is 22.6 Å². The van der Waals surface area contributed by atoms with Crippen LogP contribution in [0.15, 0.2) is 84.9 Å². The molecule has 1 aliphatic heterocycles. The molecule has 2 heterocycles. The second-order valence-electron chi connectivity index (χ2n) is 25.0. The third-order valence-electron chi connectivity index (χ3n) is 19.4. The molecule has 444 valence electrons. The Hall–Kier alpha value is -6.39. The first-order valence-corrected chi connectivity index (χ1v) is 30.4. The third kappa shape index (κ3) is 13.3. The molecule has 5 aromatic rings. The molecule has 2 fully saturated rings. The monoisotopic (exact) mass is 1130 g/mol. The standard InChI is InChI=1S/C35H45NO3.C33H42N4O7/c1-22-8-9-23-11-14-28-32(2,26(23)20-22)16-6-18-34(28,4)30(38)36-31(39)35(5)19-7-17-33(3)27-21-25(37)13-10-24(27)12-15-29(33)35;1-25(38)15-17-42-19-21-44-23-22-43-20-18-41-16-7-9-27(39)13-14-31(40)37-24-26-8-3-4-10-28(26)33-32(34-35-36(33)2)29-11-5-6-12-30(29)37/h8-10,13,20-21,28-29,37H,6-7,11-12,14-19H2,1-5H3,(H,36,38,39);3-6,8,10-12H,7,9,13-24H2,1-2H3/t28-,29-,32-,33-,34+,35+;/m1./s1. The summed E-state index contributed by atoms with van der Waals surface area (Å²) in [5.74, 6) is 0.531. The average Bonchev–Trinajstić information content (AvgIpc) is 1.93. The summed E-state index contributed by atoms with van der Waals surface area (Å²) in [6.45, 7) is 16.5. The molecule has 6 atom stereocenters. The zero-order valence-corrected chi connectivity index (χ0v) is 50.1. The fourth-order valence-electron chi connectivity index (χ4n) is 14.9. The zero-order chi connectivity index (χ0) is 58.9. The van der Waals surface area contributed by atoms with Gasteiger partial charge in [0.25, 0.3) is 0 Å². The van der Waals surface area contributed by atoms with E-state index in [1.807, 2.05) is 67.7 Å². The Bertz CT molecular complexity index is 3050. The molecule has 2 N–H and O–H groups in total. The summed E-state index contributed by atoms with van der Waals surface area (Å²) in [5.41, 5.74) is 10.4. The number of imide groups is 1. The Morgan fingerprint density at radius 1 is 0.627 bits per heavy atom. The van der Waals surface area contributed by atoms with Gasteiger partial charge in [-0.3, -0.25) is 29.3 Å². The molecule has 0 saturated heterocycles. The SMILES string of the molecule is CC(=O)CCOCCOCCOCCOCCCC(=O)CCC(=O)N1Cc2ccccc2-c2c(nnn2C)-c2ccccc21.Cc1ccc2c(c1)[C@@]1(C)CCC[C@](C)(C(=O)NC(=O)[C@@]3(C)CCC[C@]4(C)c5cc(O)ccc5CC[C@@H]34)[C@@H]1CC2. The minimum Gasteiger partial charge on any atom is -0.508 e. The van der Waals surface area contributed by atoms with Gasteiger partial charge in [0.05, 0.1) is 75.0 Å². The van der Waals surface area contributed by atoms with Crippen LogP contribution in [0.2, 0.25) is 0 Å². The van der Waals surface area contributed by atoms with Gasteiger partial charge in [-0.2, -0.15) is 0 Å². The molecule has 15 nitrogen and oxygen atoms in total. The van der Waals surface area contributed by atoms with E-state index in [9.17, 15) is 29.1 Å². The largest absolute Gasteiger partial charge is 0.508 e. The Labute approximate surface area is 490 Å². The molecule has 83 heavy (non-hydrogen) atoms. The van der Waals surface area contributed by atoms with E-state index in [0.717, 1.165) is 98.0 Å². The van der Waals surface area contributed by atoms with Gasteiger partial charge in [-0.25, -0.2) is 4.68 Å². The topological polar surface area (TPSA) is 188 Å². The number of aromatic nitrogens is 3. The van der Waals surface area contributed by atoms with Crippen LogP contribution >= 0.6 is 0 Å². The van der Waals surface area contributed by atoms with E-state index < -0.39 is 10.8 Å². The molecule has 0 bridgehead atoms. The van der Waals surface area contributed by atoms with Crippen molar-refractivity contribution >= 4 is 35.0 Å². The number of amides is 3. The van der Waals surface area contributed by atoms with Crippen LogP contribution in [0.25, 0.3) is 22.5 Å². The number of hydrogen-bond donors (Lipinski definition) is 2. The second-order valence-corrected chi connectivity index (χ2v) is 25.0. The molecule has 4 aromatic carbocycles. The number of anilines is 1. The number of Topliss-reactive ketones (excluding diaryl/α,β-unsaturated/α-hetero) is 2. The van der Waals surface area contributed by atoms with Crippen molar-refractivity contribution in [1.82, 2.24) is 20.3 Å². The Morgan fingerprint density at radius 2 is 1.18 bits per heavy atom. The molecule has 0 radical (unpaired) electrons. The van der Waals surface area contributed by atoms with Gasteiger partial charge in [0, 0.05) is 50.5 Å². The number of carbonyl (C=O) groups is 5. The number of benzene rings is 4. The highest BCUT2D eigenvalue weighted by atomic mass is 16.6. The van der Waals surface area contributed by atoms with E-state index in [4.69, 9.17) is 18.9 Å². The van der Waals surface area contributed by atoms with Crippen LogP contribution in [-0.4, -0.2) is 102 Å². The molecule has 3 amide bonds. The number of carbonyl (C=O) groups excluding carboxylic acids is 5. The van der Waals surface area contributed by atoms with Crippen molar-refractivity contribution in [3.8, 4) is 28.3 Å². The van der Waals surface area contributed by atoms with Crippen molar-refractivity contribution in [3.05, 3.63) is 118 Å². The number of hydrogen-bond acceptors (Lipinski definition) is 12. The summed E-state index contributed by atoms with van der Waals surface area (Å²) in [5, 5.41) is 22.1. The number of aromatic hydroxyl groups is 1. The van der Waals surface area contributed by atoms with Gasteiger partial charge in [-0.1, -0.05) is 118 Å². The minimum atomic E-state index is -0.615. The van der Waals surface area contributed by atoms with Crippen LogP contribution in [0.5, 0.6) is 5.75 Å².